The molecule has 0 spiro atoms. The number of fused-ring (bicyclic) bond motifs is 1. The van der Waals surface area contributed by atoms with Gasteiger partial charge in [0.05, 0.1) is 16.8 Å². The lowest BCUT2D eigenvalue weighted by atomic mass is 10.2. The average Bonchev–Trinajstić information content (AvgIpc) is 3.07. The van der Waals surface area contributed by atoms with Crippen LogP contribution in [0.15, 0.2) is 41.8 Å². The Labute approximate surface area is 130 Å². The van der Waals surface area contributed by atoms with Crippen molar-refractivity contribution in [3.05, 3.63) is 58.9 Å². The van der Waals surface area contributed by atoms with Crippen LogP contribution in [0.1, 0.15) is 16.1 Å². The molecule has 6 heteroatoms. The van der Waals surface area contributed by atoms with Gasteiger partial charge in [-0.1, -0.05) is 12.1 Å². The molecule has 0 aliphatic carbocycles. The molecule has 4 nitrogen and oxygen atoms in total. The molecule has 2 aromatic heterocycles. The maximum absolute atomic E-state index is 13.4. The molecule has 114 valence electrons. The van der Waals surface area contributed by atoms with Gasteiger partial charge in [0.25, 0.3) is 5.91 Å². The van der Waals surface area contributed by atoms with E-state index in [2.05, 4.69) is 5.32 Å². The Morgan fingerprint density at radius 1 is 1.32 bits per heavy atom. The Morgan fingerprint density at radius 2 is 2.18 bits per heavy atom. The number of nitrogens with zero attached hydrogens (tertiary/aromatic N) is 1. The molecule has 0 bridgehead atoms. The van der Waals surface area contributed by atoms with Crippen LogP contribution < -0.4 is 5.32 Å². The van der Waals surface area contributed by atoms with Crippen molar-refractivity contribution in [3.63, 3.8) is 0 Å². The van der Waals surface area contributed by atoms with Crippen molar-refractivity contribution < 1.29 is 14.3 Å². The number of carbonyl (C=O) groups excluding carboxylic acids is 1. The van der Waals surface area contributed by atoms with Gasteiger partial charge >= 0.3 is 0 Å². The average molecular weight is 318 g/mol. The number of aliphatic hydroxyl groups is 1. The minimum absolute atomic E-state index is 0.106. The van der Waals surface area contributed by atoms with Crippen molar-refractivity contribution in [2.24, 2.45) is 0 Å². The van der Waals surface area contributed by atoms with E-state index in [0.29, 0.717) is 12.2 Å². The van der Waals surface area contributed by atoms with Gasteiger partial charge in [-0.15, -0.1) is 11.3 Å². The summed E-state index contributed by atoms with van der Waals surface area (Å²) in [4.78, 5) is 12.2. The quantitative estimate of drug-likeness (QED) is 0.760. The van der Waals surface area contributed by atoms with Gasteiger partial charge in [-0.05, 0) is 35.2 Å². The van der Waals surface area contributed by atoms with Gasteiger partial charge in [-0.2, -0.15) is 0 Å². The lowest BCUT2D eigenvalue weighted by Gasteiger charge is -2.10. The molecule has 0 atom stereocenters. The van der Waals surface area contributed by atoms with Gasteiger partial charge < -0.3 is 15.0 Å². The fourth-order valence-corrected chi connectivity index (χ4v) is 3.24. The summed E-state index contributed by atoms with van der Waals surface area (Å²) in [7, 11) is 0. The number of aliphatic hydroxyl groups excluding tert-OH is 1. The maximum atomic E-state index is 13.4. The molecule has 0 radical (unpaired) electrons. The zero-order chi connectivity index (χ0) is 15.5. The molecule has 0 saturated heterocycles. The van der Waals surface area contributed by atoms with Crippen LogP contribution in [0.3, 0.4) is 0 Å². The minimum atomic E-state index is -0.294. The van der Waals surface area contributed by atoms with Crippen molar-refractivity contribution >= 4 is 27.5 Å². The van der Waals surface area contributed by atoms with Gasteiger partial charge in [0.15, 0.2) is 0 Å². The Morgan fingerprint density at radius 3 is 2.95 bits per heavy atom. The van der Waals surface area contributed by atoms with Crippen LogP contribution in [0.2, 0.25) is 0 Å². The predicted molar refractivity (Wildman–Crippen MR) is 84.7 cm³/mol. The summed E-state index contributed by atoms with van der Waals surface area (Å²) in [5, 5.41) is 13.5. The summed E-state index contributed by atoms with van der Waals surface area (Å²) < 4.78 is 16.2. The zero-order valence-corrected chi connectivity index (χ0v) is 12.6. The molecule has 3 rings (SSSR count). The molecule has 0 saturated carbocycles. The highest BCUT2D eigenvalue weighted by atomic mass is 32.1. The number of hydrogen-bond donors (Lipinski definition) is 2. The summed E-state index contributed by atoms with van der Waals surface area (Å²) >= 11 is 1.55. The lowest BCUT2D eigenvalue weighted by Crippen LogP contribution is -2.28. The van der Waals surface area contributed by atoms with Crippen LogP contribution >= 0.6 is 11.3 Å². The van der Waals surface area contributed by atoms with Crippen LogP contribution in [-0.4, -0.2) is 28.7 Å². The first-order chi connectivity index (χ1) is 10.7. The van der Waals surface area contributed by atoms with Crippen LogP contribution in [0, 0.1) is 5.82 Å². The van der Waals surface area contributed by atoms with Crippen molar-refractivity contribution in [1.82, 2.24) is 9.88 Å². The highest BCUT2D eigenvalue weighted by molar-refractivity contribution is 7.17. The molecule has 1 amide bonds. The molecule has 0 aliphatic heterocycles. The van der Waals surface area contributed by atoms with Gasteiger partial charge in [0.1, 0.15) is 11.5 Å². The number of benzene rings is 1. The first-order valence-electron chi connectivity index (χ1n) is 6.89. The maximum Gasteiger partial charge on any atom is 0.268 e. The minimum Gasteiger partial charge on any atom is -0.395 e. The number of thiophene rings is 1. The molecule has 2 heterocycles. The molecular formula is C16H15FN2O2S. The van der Waals surface area contributed by atoms with Crippen molar-refractivity contribution in [1.29, 1.82) is 0 Å². The second-order valence-corrected chi connectivity index (χ2v) is 5.84. The number of hydrogen-bond acceptors (Lipinski definition) is 3. The number of halogens is 1. The summed E-state index contributed by atoms with van der Waals surface area (Å²) in [6, 6.07) is 10.1. The summed E-state index contributed by atoms with van der Waals surface area (Å²) in [6.07, 6.45) is 0. The van der Waals surface area contributed by atoms with E-state index < -0.39 is 0 Å². The van der Waals surface area contributed by atoms with Gasteiger partial charge in [-0.3, -0.25) is 4.79 Å². The zero-order valence-electron chi connectivity index (χ0n) is 11.8. The summed E-state index contributed by atoms with van der Waals surface area (Å²) in [5.74, 6) is -0.536. The van der Waals surface area contributed by atoms with E-state index in [9.17, 15) is 9.18 Å². The lowest BCUT2D eigenvalue weighted by molar-refractivity contribution is 0.0936. The van der Waals surface area contributed by atoms with Crippen molar-refractivity contribution in [2.45, 2.75) is 6.54 Å². The first-order valence-corrected chi connectivity index (χ1v) is 7.77. The van der Waals surface area contributed by atoms with E-state index in [1.807, 2.05) is 28.1 Å². The van der Waals surface area contributed by atoms with Gasteiger partial charge in [-0.25, -0.2) is 4.39 Å². The molecule has 2 N–H and O–H groups in total. The SMILES string of the molecule is O=C(NCCO)c1cc2sccc2n1Cc1cccc(F)c1. The van der Waals surface area contributed by atoms with Gasteiger partial charge in [0, 0.05) is 13.1 Å². The topological polar surface area (TPSA) is 54.3 Å². The molecule has 3 aromatic rings. The molecule has 0 fully saturated rings. The molecule has 0 unspecified atom stereocenters. The monoisotopic (exact) mass is 318 g/mol. The van der Waals surface area contributed by atoms with E-state index >= 15 is 0 Å². The molecule has 0 aliphatic rings. The van der Waals surface area contributed by atoms with Crippen LogP contribution in [0.4, 0.5) is 4.39 Å². The van der Waals surface area contributed by atoms with E-state index in [1.54, 1.807) is 17.4 Å². The highest BCUT2D eigenvalue weighted by Crippen LogP contribution is 2.26. The van der Waals surface area contributed by atoms with Crippen molar-refractivity contribution in [3.8, 4) is 0 Å². The second kappa shape index (κ2) is 6.29. The van der Waals surface area contributed by atoms with E-state index in [0.717, 1.165) is 15.8 Å². The third kappa shape index (κ3) is 2.88. The number of amides is 1. The number of nitrogens with one attached hydrogen (secondary N) is 1. The summed E-state index contributed by atoms with van der Waals surface area (Å²) in [6.45, 7) is 0.516. The predicted octanol–water partition coefficient (Wildman–Crippen LogP) is 2.61. The Balaban J connectivity index is 1.98. The number of aromatic nitrogens is 1. The Kier molecular flexibility index (Phi) is 4.22. The fraction of sp³-hybridized carbons (Fsp3) is 0.188. The third-order valence-corrected chi connectivity index (χ3v) is 4.24. The van der Waals surface area contributed by atoms with Gasteiger partial charge in [0.2, 0.25) is 0 Å². The fourth-order valence-electron chi connectivity index (χ4n) is 2.41. The Hall–Kier alpha value is -2.18. The normalized spacial score (nSPS) is 11.0. The third-order valence-electron chi connectivity index (χ3n) is 3.38. The highest BCUT2D eigenvalue weighted by Gasteiger charge is 2.16. The van der Waals surface area contributed by atoms with E-state index in [1.165, 1.54) is 12.1 Å². The largest absolute Gasteiger partial charge is 0.395 e. The molecule has 22 heavy (non-hydrogen) atoms. The van der Waals surface area contributed by atoms with Crippen LogP contribution in [0.5, 0.6) is 0 Å². The summed E-state index contributed by atoms with van der Waals surface area (Å²) in [5.41, 5.74) is 2.25. The second-order valence-electron chi connectivity index (χ2n) is 4.90. The number of carbonyl (C=O) groups is 1. The van der Waals surface area contributed by atoms with E-state index in [-0.39, 0.29) is 24.9 Å². The standard InChI is InChI=1S/C16H15FN2O2S/c17-12-3-1-2-11(8-12)10-19-13-4-7-22-15(13)9-14(19)16(21)18-5-6-20/h1-4,7-9,20H,5-6,10H2,(H,18,21). The van der Waals surface area contributed by atoms with E-state index in [4.69, 9.17) is 5.11 Å². The van der Waals surface area contributed by atoms with Crippen molar-refractivity contribution in [2.75, 3.05) is 13.2 Å². The van der Waals surface area contributed by atoms with Crippen LogP contribution in [0.25, 0.3) is 10.2 Å². The molecule has 1 aromatic carbocycles. The number of rotatable bonds is 5. The van der Waals surface area contributed by atoms with Crippen LogP contribution in [-0.2, 0) is 6.54 Å². The molecular weight excluding hydrogens is 303 g/mol. The smallest absolute Gasteiger partial charge is 0.268 e. The first kappa shape index (κ1) is 14.7. The Bertz CT molecular complexity index is 809.